The zero-order chi connectivity index (χ0) is 12.8. The second-order valence-corrected chi connectivity index (χ2v) is 4.16. The van der Waals surface area contributed by atoms with Crippen LogP contribution in [0.2, 0.25) is 0 Å². The lowest BCUT2D eigenvalue weighted by molar-refractivity contribution is -0.137. The third kappa shape index (κ3) is 4.52. The van der Waals surface area contributed by atoms with Crippen LogP contribution in [0.4, 0.5) is 0 Å². The fourth-order valence-electron chi connectivity index (χ4n) is 1.55. The number of hydrogen-bond acceptors (Lipinski definition) is 4. The van der Waals surface area contributed by atoms with E-state index >= 15 is 0 Å². The molecule has 6 nitrogen and oxygen atoms in total. The van der Waals surface area contributed by atoms with Crippen molar-refractivity contribution in [2.24, 2.45) is 0 Å². The first-order valence-electron chi connectivity index (χ1n) is 5.68. The molecule has 0 spiro atoms. The largest absolute Gasteiger partial charge is 0.382 e. The first-order chi connectivity index (χ1) is 8.02. The third-order valence-electron chi connectivity index (χ3n) is 2.75. The van der Waals surface area contributed by atoms with Gasteiger partial charge in [-0.25, -0.2) is 0 Å². The highest BCUT2D eigenvalue weighted by Gasteiger charge is 2.27. The average molecular weight is 242 g/mol. The van der Waals surface area contributed by atoms with Crippen LogP contribution in [0.3, 0.4) is 0 Å². The molecule has 0 aliphatic carbocycles. The lowest BCUT2D eigenvalue weighted by Gasteiger charge is -2.22. The van der Waals surface area contributed by atoms with Gasteiger partial charge in [0.25, 0.3) is 0 Å². The Morgan fingerprint density at radius 2 is 2.29 bits per heavy atom. The van der Waals surface area contributed by atoms with Crippen molar-refractivity contribution < 1.29 is 19.1 Å². The number of carbonyl (C=O) groups excluding carboxylic acids is 3. The van der Waals surface area contributed by atoms with Gasteiger partial charge in [-0.1, -0.05) is 0 Å². The van der Waals surface area contributed by atoms with Gasteiger partial charge in [0, 0.05) is 20.0 Å². The predicted molar refractivity (Wildman–Crippen MR) is 60.0 cm³/mol. The van der Waals surface area contributed by atoms with Gasteiger partial charge in [-0.3, -0.25) is 19.7 Å². The smallest absolute Gasteiger partial charge is 0.249 e. The molecule has 96 valence electrons. The minimum absolute atomic E-state index is 0.0162. The number of methoxy groups -OCH3 is 1. The SMILES string of the molecule is COC(C)CCC(=O)NC1CCC(=O)NC1=O. The van der Waals surface area contributed by atoms with Gasteiger partial charge in [-0.05, 0) is 19.8 Å². The van der Waals surface area contributed by atoms with Crippen molar-refractivity contribution in [1.29, 1.82) is 0 Å². The molecule has 2 atom stereocenters. The second-order valence-electron chi connectivity index (χ2n) is 4.16. The summed E-state index contributed by atoms with van der Waals surface area (Å²) >= 11 is 0. The van der Waals surface area contributed by atoms with Gasteiger partial charge < -0.3 is 10.1 Å². The van der Waals surface area contributed by atoms with Gasteiger partial charge in [0.15, 0.2) is 0 Å². The van der Waals surface area contributed by atoms with E-state index in [9.17, 15) is 14.4 Å². The van der Waals surface area contributed by atoms with Crippen LogP contribution < -0.4 is 10.6 Å². The highest BCUT2D eigenvalue weighted by molar-refractivity contribution is 6.01. The van der Waals surface area contributed by atoms with Crippen LogP contribution in [0, 0.1) is 0 Å². The number of piperidine rings is 1. The van der Waals surface area contributed by atoms with Gasteiger partial charge in [0.1, 0.15) is 6.04 Å². The lowest BCUT2D eigenvalue weighted by Crippen LogP contribution is -2.52. The number of nitrogens with one attached hydrogen (secondary N) is 2. The fourth-order valence-corrected chi connectivity index (χ4v) is 1.55. The van der Waals surface area contributed by atoms with Gasteiger partial charge in [0.05, 0.1) is 6.10 Å². The van der Waals surface area contributed by atoms with Crippen molar-refractivity contribution in [1.82, 2.24) is 10.6 Å². The van der Waals surface area contributed by atoms with Gasteiger partial charge in [0.2, 0.25) is 17.7 Å². The first-order valence-corrected chi connectivity index (χ1v) is 5.68. The summed E-state index contributed by atoms with van der Waals surface area (Å²) in [5, 5.41) is 4.80. The molecule has 3 amide bonds. The van der Waals surface area contributed by atoms with Crippen molar-refractivity contribution in [3.63, 3.8) is 0 Å². The van der Waals surface area contributed by atoms with E-state index in [1.54, 1.807) is 7.11 Å². The maximum Gasteiger partial charge on any atom is 0.249 e. The van der Waals surface area contributed by atoms with Gasteiger partial charge >= 0.3 is 0 Å². The van der Waals surface area contributed by atoms with Crippen LogP contribution in [-0.2, 0) is 19.1 Å². The number of carbonyl (C=O) groups is 3. The monoisotopic (exact) mass is 242 g/mol. The predicted octanol–water partition coefficient (Wildman–Crippen LogP) is -0.277. The number of ether oxygens (including phenoxy) is 1. The molecule has 1 rings (SSSR count). The van der Waals surface area contributed by atoms with Crippen molar-refractivity contribution in [3.8, 4) is 0 Å². The van der Waals surface area contributed by atoms with Crippen LogP contribution in [0.25, 0.3) is 0 Å². The Labute approximate surface area is 100 Å². The summed E-state index contributed by atoms with van der Waals surface area (Å²) in [5.74, 6) is -0.897. The molecule has 0 saturated carbocycles. The Bertz CT molecular complexity index is 317. The highest BCUT2D eigenvalue weighted by Crippen LogP contribution is 2.06. The van der Waals surface area contributed by atoms with Crippen LogP contribution in [0.15, 0.2) is 0 Å². The van der Waals surface area contributed by atoms with Gasteiger partial charge in [-0.15, -0.1) is 0 Å². The number of hydrogen-bond donors (Lipinski definition) is 2. The van der Waals surface area contributed by atoms with E-state index < -0.39 is 11.9 Å². The number of imide groups is 1. The summed E-state index contributed by atoms with van der Waals surface area (Å²) < 4.78 is 5.02. The molecule has 6 heteroatoms. The van der Waals surface area contributed by atoms with E-state index in [2.05, 4.69) is 10.6 Å². The van der Waals surface area contributed by atoms with E-state index in [4.69, 9.17) is 4.74 Å². The zero-order valence-electron chi connectivity index (χ0n) is 10.1. The molecule has 1 saturated heterocycles. The Morgan fingerprint density at radius 1 is 1.59 bits per heavy atom. The molecule has 0 aromatic heterocycles. The van der Waals surface area contributed by atoms with Crippen LogP contribution in [0.5, 0.6) is 0 Å². The molecule has 1 aliphatic heterocycles. The van der Waals surface area contributed by atoms with Gasteiger partial charge in [-0.2, -0.15) is 0 Å². The highest BCUT2D eigenvalue weighted by atomic mass is 16.5. The molecule has 17 heavy (non-hydrogen) atoms. The van der Waals surface area contributed by atoms with Crippen molar-refractivity contribution in [2.45, 2.75) is 44.8 Å². The Balaban J connectivity index is 2.31. The number of amides is 3. The summed E-state index contributed by atoms with van der Waals surface area (Å²) in [6.45, 7) is 1.87. The van der Waals surface area contributed by atoms with E-state index in [0.29, 0.717) is 19.3 Å². The summed E-state index contributed by atoms with van der Waals surface area (Å²) in [6.07, 6.45) is 1.58. The normalized spacial score (nSPS) is 21.9. The van der Waals surface area contributed by atoms with Crippen molar-refractivity contribution in [2.75, 3.05) is 7.11 Å². The van der Waals surface area contributed by atoms with E-state index in [1.807, 2.05) is 6.92 Å². The Kier molecular flexibility index (Phi) is 5.09. The first kappa shape index (κ1) is 13.6. The minimum Gasteiger partial charge on any atom is -0.382 e. The molecule has 0 aromatic rings. The molecular formula is C11H18N2O4. The Hall–Kier alpha value is -1.43. The molecule has 2 N–H and O–H groups in total. The average Bonchev–Trinajstić information content (AvgIpc) is 2.29. The lowest BCUT2D eigenvalue weighted by atomic mass is 10.1. The standard InChI is InChI=1S/C11H18N2O4/c1-7(17-2)3-5-9(14)12-8-4-6-10(15)13-11(8)16/h7-8H,3-6H2,1-2H3,(H,12,14)(H,13,15,16). The van der Waals surface area contributed by atoms with E-state index in [1.165, 1.54) is 0 Å². The summed E-state index contributed by atoms with van der Waals surface area (Å²) in [4.78, 5) is 33.8. The zero-order valence-corrected chi connectivity index (χ0v) is 10.1. The summed E-state index contributed by atoms with van der Waals surface area (Å²) in [7, 11) is 1.59. The molecule has 1 fully saturated rings. The number of rotatable bonds is 5. The molecular weight excluding hydrogens is 224 g/mol. The van der Waals surface area contributed by atoms with Crippen LogP contribution in [0.1, 0.15) is 32.6 Å². The molecule has 0 aromatic carbocycles. The van der Waals surface area contributed by atoms with Crippen molar-refractivity contribution >= 4 is 17.7 Å². The quantitative estimate of drug-likeness (QED) is 0.649. The molecule has 2 unspecified atom stereocenters. The second kappa shape index (κ2) is 6.34. The van der Waals surface area contributed by atoms with Crippen molar-refractivity contribution in [3.05, 3.63) is 0 Å². The summed E-state index contributed by atoms with van der Waals surface area (Å²) in [6, 6.07) is -0.585. The topological polar surface area (TPSA) is 84.5 Å². The van der Waals surface area contributed by atoms with E-state index in [0.717, 1.165) is 0 Å². The minimum atomic E-state index is -0.585. The molecule has 1 heterocycles. The summed E-state index contributed by atoms with van der Waals surface area (Å²) in [5.41, 5.74) is 0. The maximum absolute atomic E-state index is 11.5. The molecule has 0 bridgehead atoms. The fraction of sp³-hybridized carbons (Fsp3) is 0.727. The van der Waals surface area contributed by atoms with Crippen LogP contribution >= 0.6 is 0 Å². The molecule has 0 radical (unpaired) electrons. The third-order valence-corrected chi connectivity index (χ3v) is 2.75. The Morgan fingerprint density at radius 3 is 2.88 bits per heavy atom. The maximum atomic E-state index is 11.5. The van der Waals surface area contributed by atoms with Crippen LogP contribution in [-0.4, -0.2) is 37.0 Å². The molecule has 1 aliphatic rings. The van der Waals surface area contributed by atoms with E-state index in [-0.39, 0.29) is 24.3 Å².